The van der Waals surface area contributed by atoms with Gasteiger partial charge in [0.1, 0.15) is 0 Å². The zero-order valence-electron chi connectivity index (χ0n) is 9.90. The van der Waals surface area contributed by atoms with Gasteiger partial charge in [0.15, 0.2) is 0 Å². The van der Waals surface area contributed by atoms with E-state index in [-0.39, 0.29) is 0 Å². The third-order valence-electron chi connectivity index (χ3n) is 2.58. The molecule has 88 valence electrons. The SMILES string of the molecule is CC/C=C1/CCCC(=N\N=O)/C1=C/COC. The molecule has 4 nitrogen and oxygen atoms in total. The van der Waals surface area contributed by atoms with Crippen molar-refractivity contribution < 1.29 is 4.74 Å². The Hall–Kier alpha value is -1.29. The molecule has 0 amide bonds. The molecule has 1 aliphatic carbocycles. The minimum absolute atomic E-state index is 0.536. The van der Waals surface area contributed by atoms with Gasteiger partial charge in [-0.25, -0.2) is 0 Å². The van der Waals surface area contributed by atoms with E-state index in [0.717, 1.165) is 37.0 Å². The van der Waals surface area contributed by atoms with E-state index in [1.165, 1.54) is 5.57 Å². The van der Waals surface area contributed by atoms with E-state index in [1.807, 2.05) is 6.08 Å². The number of allylic oxidation sites excluding steroid dienone is 3. The molecule has 1 fully saturated rings. The highest BCUT2D eigenvalue weighted by molar-refractivity contribution is 6.04. The van der Waals surface area contributed by atoms with Crippen molar-refractivity contribution in [1.82, 2.24) is 0 Å². The van der Waals surface area contributed by atoms with Crippen LogP contribution in [0.5, 0.6) is 0 Å². The molecule has 1 saturated carbocycles. The summed E-state index contributed by atoms with van der Waals surface area (Å²) in [5.41, 5.74) is 3.08. The molecule has 0 spiro atoms. The Morgan fingerprint density at radius 1 is 1.38 bits per heavy atom. The lowest BCUT2D eigenvalue weighted by atomic mass is 9.87. The first-order valence-corrected chi connectivity index (χ1v) is 5.61. The van der Waals surface area contributed by atoms with Crippen molar-refractivity contribution in [2.45, 2.75) is 32.6 Å². The molecular formula is C12H18N2O2. The number of nitroso groups, excluding NO2 is 1. The second kappa shape index (κ2) is 7.06. The Bertz CT molecular complexity index is 330. The zero-order chi connectivity index (χ0) is 11.8. The first kappa shape index (κ1) is 12.8. The normalized spacial score (nSPS) is 24.2. The highest BCUT2D eigenvalue weighted by atomic mass is 16.5. The van der Waals surface area contributed by atoms with Crippen molar-refractivity contribution in [3.05, 3.63) is 28.2 Å². The lowest BCUT2D eigenvalue weighted by Gasteiger charge is -2.19. The van der Waals surface area contributed by atoms with Crippen LogP contribution >= 0.6 is 0 Å². The first-order valence-electron chi connectivity index (χ1n) is 5.61. The van der Waals surface area contributed by atoms with Crippen LogP contribution in [-0.4, -0.2) is 19.4 Å². The monoisotopic (exact) mass is 222 g/mol. The van der Waals surface area contributed by atoms with Crippen LogP contribution in [0.4, 0.5) is 0 Å². The molecule has 0 unspecified atom stereocenters. The number of hydrogen-bond acceptors (Lipinski definition) is 3. The van der Waals surface area contributed by atoms with E-state index in [1.54, 1.807) is 7.11 Å². The summed E-state index contributed by atoms with van der Waals surface area (Å²) >= 11 is 0. The van der Waals surface area contributed by atoms with E-state index >= 15 is 0 Å². The molecule has 1 rings (SSSR count). The van der Waals surface area contributed by atoms with Crippen LogP contribution in [0.3, 0.4) is 0 Å². The standard InChI is InChI=1S/C12H18N2O2/c1-3-5-10-6-4-7-12(13-14-15)11(10)8-9-16-2/h5,8H,3-4,6-7,9H2,1-2H3/b10-5-,11-8+,13-12+. The Morgan fingerprint density at radius 2 is 2.19 bits per heavy atom. The predicted molar refractivity (Wildman–Crippen MR) is 65.4 cm³/mol. The van der Waals surface area contributed by atoms with Crippen molar-refractivity contribution in [1.29, 1.82) is 0 Å². The molecule has 0 radical (unpaired) electrons. The Kier molecular flexibility index (Phi) is 5.64. The average Bonchev–Trinajstić information content (AvgIpc) is 2.29. The lowest BCUT2D eigenvalue weighted by Crippen LogP contribution is -2.12. The number of methoxy groups -OCH3 is 1. The van der Waals surface area contributed by atoms with Crippen molar-refractivity contribution >= 4 is 5.71 Å². The molecule has 0 heterocycles. The van der Waals surface area contributed by atoms with E-state index in [0.29, 0.717) is 6.61 Å². The lowest BCUT2D eigenvalue weighted by molar-refractivity contribution is 0.233. The summed E-state index contributed by atoms with van der Waals surface area (Å²) in [6, 6.07) is 0. The molecule has 0 aromatic heterocycles. The third kappa shape index (κ3) is 3.38. The minimum Gasteiger partial charge on any atom is -0.381 e. The highest BCUT2D eigenvalue weighted by Gasteiger charge is 2.18. The van der Waals surface area contributed by atoms with Gasteiger partial charge in [-0.15, -0.1) is 10.0 Å². The highest BCUT2D eigenvalue weighted by Crippen LogP contribution is 2.27. The van der Waals surface area contributed by atoms with Gasteiger partial charge >= 0.3 is 0 Å². The summed E-state index contributed by atoms with van der Waals surface area (Å²) in [6.07, 6.45) is 8.04. The van der Waals surface area contributed by atoms with Crippen LogP contribution in [0.2, 0.25) is 0 Å². The number of hydrogen-bond donors (Lipinski definition) is 0. The largest absolute Gasteiger partial charge is 0.381 e. The van der Waals surface area contributed by atoms with Gasteiger partial charge in [-0.2, -0.15) is 0 Å². The van der Waals surface area contributed by atoms with Crippen LogP contribution in [0.1, 0.15) is 32.6 Å². The molecule has 4 heteroatoms. The van der Waals surface area contributed by atoms with Gasteiger partial charge in [-0.1, -0.05) is 13.0 Å². The minimum atomic E-state index is 0.536. The van der Waals surface area contributed by atoms with Crippen molar-refractivity contribution in [2.75, 3.05) is 13.7 Å². The molecule has 0 aromatic rings. The molecule has 0 saturated heterocycles. The van der Waals surface area contributed by atoms with E-state index in [2.05, 4.69) is 23.4 Å². The molecule has 0 aromatic carbocycles. The maximum Gasteiger partial charge on any atom is 0.0800 e. The molecule has 0 aliphatic heterocycles. The first-order chi connectivity index (χ1) is 7.83. The average molecular weight is 222 g/mol. The molecule has 0 atom stereocenters. The second-order valence-corrected chi connectivity index (χ2v) is 3.69. The number of ether oxygens (including phenoxy) is 1. The molecular weight excluding hydrogens is 204 g/mol. The maximum absolute atomic E-state index is 10.2. The van der Waals surface area contributed by atoms with Crippen molar-refractivity contribution in [3.63, 3.8) is 0 Å². The van der Waals surface area contributed by atoms with Crippen LogP contribution in [0.15, 0.2) is 33.7 Å². The van der Waals surface area contributed by atoms with E-state index in [4.69, 9.17) is 4.74 Å². The predicted octanol–water partition coefficient (Wildman–Crippen LogP) is 3.20. The number of nitrogens with zero attached hydrogens (tertiary/aromatic N) is 2. The smallest absolute Gasteiger partial charge is 0.0800 e. The van der Waals surface area contributed by atoms with Crippen molar-refractivity contribution in [2.24, 2.45) is 10.4 Å². The van der Waals surface area contributed by atoms with Crippen molar-refractivity contribution in [3.8, 4) is 0 Å². The second-order valence-electron chi connectivity index (χ2n) is 3.69. The van der Waals surface area contributed by atoms with Crippen LogP contribution in [-0.2, 0) is 4.74 Å². The molecule has 0 N–H and O–H groups in total. The van der Waals surface area contributed by atoms with Gasteiger partial charge in [0, 0.05) is 7.11 Å². The van der Waals surface area contributed by atoms with Gasteiger partial charge in [0.25, 0.3) is 0 Å². The van der Waals surface area contributed by atoms with Gasteiger partial charge in [-0.05, 0) is 42.9 Å². The Balaban J connectivity index is 2.98. The maximum atomic E-state index is 10.2. The van der Waals surface area contributed by atoms with Gasteiger partial charge in [0.05, 0.1) is 17.6 Å². The number of rotatable bonds is 4. The Labute approximate surface area is 96.0 Å². The van der Waals surface area contributed by atoms with Crippen LogP contribution < -0.4 is 0 Å². The summed E-state index contributed by atoms with van der Waals surface area (Å²) in [4.78, 5) is 10.2. The third-order valence-corrected chi connectivity index (χ3v) is 2.58. The van der Waals surface area contributed by atoms with E-state index < -0.39 is 0 Å². The fraction of sp³-hybridized carbons (Fsp3) is 0.583. The van der Waals surface area contributed by atoms with Gasteiger partial charge < -0.3 is 4.74 Å². The fourth-order valence-corrected chi connectivity index (χ4v) is 1.93. The molecule has 0 bridgehead atoms. The summed E-state index contributed by atoms with van der Waals surface area (Å²) in [5.74, 6) is 0. The summed E-state index contributed by atoms with van der Waals surface area (Å²) < 4.78 is 5.03. The Morgan fingerprint density at radius 3 is 2.81 bits per heavy atom. The molecule has 1 aliphatic rings. The van der Waals surface area contributed by atoms with Gasteiger partial charge in [0.2, 0.25) is 0 Å². The molecule has 16 heavy (non-hydrogen) atoms. The van der Waals surface area contributed by atoms with Gasteiger partial charge in [-0.3, -0.25) is 0 Å². The van der Waals surface area contributed by atoms with E-state index in [9.17, 15) is 4.91 Å². The summed E-state index contributed by atoms with van der Waals surface area (Å²) in [5, 5.41) is 6.31. The van der Waals surface area contributed by atoms with Crippen LogP contribution in [0.25, 0.3) is 0 Å². The summed E-state index contributed by atoms with van der Waals surface area (Å²) in [6.45, 7) is 2.64. The summed E-state index contributed by atoms with van der Waals surface area (Å²) in [7, 11) is 1.65. The van der Waals surface area contributed by atoms with Crippen LogP contribution in [0, 0.1) is 4.91 Å². The fourth-order valence-electron chi connectivity index (χ4n) is 1.93. The quantitative estimate of drug-likeness (QED) is 0.541. The zero-order valence-corrected chi connectivity index (χ0v) is 9.90. The topological polar surface area (TPSA) is 51.0 Å².